The number of nitrogens with one attached hydrogen (secondary N) is 1. The number of carboxylic acid groups (broad SMARTS) is 1. The van der Waals surface area contributed by atoms with Gasteiger partial charge in [-0.15, -0.1) is 0 Å². The molecule has 7 heteroatoms. The van der Waals surface area contributed by atoms with Gasteiger partial charge in [-0.2, -0.15) is 0 Å². The second kappa shape index (κ2) is 6.84. The van der Waals surface area contributed by atoms with Gasteiger partial charge in [0, 0.05) is 0 Å². The average molecular weight is 349 g/mol. The number of hydrogen-bond acceptors (Lipinski definition) is 3. The van der Waals surface area contributed by atoms with Gasteiger partial charge in [-0.3, -0.25) is 4.72 Å². The van der Waals surface area contributed by atoms with Crippen molar-refractivity contribution in [2.45, 2.75) is 13.8 Å². The topological polar surface area (TPSA) is 83.5 Å². The fourth-order valence-corrected chi connectivity index (χ4v) is 2.97. The van der Waals surface area contributed by atoms with E-state index in [1.54, 1.807) is 12.1 Å². The summed E-state index contributed by atoms with van der Waals surface area (Å²) in [4.78, 5) is 11.3. The summed E-state index contributed by atoms with van der Waals surface area (Å²) >= 11 is 0. The molecule has 0 unspecified atom stereocenters. The summed E-state index contributed by atoms with van der Waals surface area (Å²) in [5.74, 6) is -2.36. The largest absolute Gasteiger partial charge is 0.478 e. The molecular weight excluding hydrogens is 333 g/mol. The van der Waals surface area contributed by atoms with E-state index in [4.69, 9.17) is 0 Å². The van der Waals surface area contributed by atoms with Crippen molar-refractivity contribution in [3.05, 3.63) is 69.9 Å². The van der Waals surface area contributed by atoms with E-state index in [0.717, 1.165) is 17.0 Å². The molecule has 5 nitrogen and oxygen atoms in total. The third kappa shape index (κ3) is 4.20. The van der Waals surface area contributed by atoms with E-state index in [1.807, 2.05) is 23.8 Å². The molecule has 0 bridgehead atoms. The van der Waals surface area contributed by atoms with Crippen LogP contribution in [0.1, 0.15) is 27.0 Å². The molecule has 0 spiro atoms. The lowest BCUT2D eigenvalue weighted by Gasteiger charge is -2.11. The van der Waals surface area contributed by atoms with Crippen molar-refractivity contribution in [1.82, 2.24) is 0 Å². The molecule has 2 N–H and O–H groups in total. The smallest absolute Gasteiger partial charge is 0.338 e. The zero-order chi connectivity index (χ0) is 17.9. The quantitative estimate of drug-likeness (QED) is 0.865. The maximum absolute atomic E-state index is 13.9. The number of anilines is 1. The Balaban J connectivity index is 2.34. The summed E-state index contributed by atoms with van der Waals surface area (Å²) in [6.45, 7) is 3.36. The second-order valence-electron chi connectivity index (χ2n) is 5.28. The second-order valence-corrected chi connectivity index (χ2v) is 6.85. The van der Waals surface area contributed by atoms with Gasteiger partial charge < -0.3 is 5.11 Å². The molecule has 0 amide bonds. The summed E-state index contributed by atoms with van der Waals surface area (Å²) in [6, 6.07) is 9.40. The molecule has 0 aliphatic rings. The zero-order valence-electron chi connectivity index (χ0n) is 13.1. The lowest BCUT2D eigenvalue weighted by Crippen LogP contribution is -2.15. The van der Waals surface area contributed by atoms with E-state index in [2.05, 4.69) is 0 Å². The van der Waals surface area contributed by atoms with Crippen molar-refractivity contribution < 1.29 is 22.7 Å². The van der Waals surface area contributed by atoms with Crippen LogP contribution < -0.4 is 4.72 Å². The highest BCUT2D eigenvalue weighted by atomic mass is 32.2. The van der Waals surface area contributed by atoms with E-state index in [0.29, 0.717) is 5.56 Å². The van der Waals surface area contributed by atoms with Crippen LogP contribution in [0.2, 0.25) is 0 Å². The third-order valence-electron chi connectivity index (χ3n) is 3.34. The van der Waals surface area contributed by atoms with Crippen LogP contribution in [0, 0.1) is 19.7 Å². The van der Waals surface area contributed by atoms with Gasteiger partial charge in [0.05, 0.1) is 16.7 Å². The van der Waals surface area contributed by atoms with Crippen LogP contribution in [-0.2, 0) is 10.0 Å². The first-order valence-electron chi connectivity index (χ1n) is 6.99. The lowest BCUT2D eigenvalue weighted by molar-refractivity contribution is 0.0697. The molecule has 0 saturated heterocycles. The maximum Gasteiger partial charge on any atom is 0.338 e. The normalized spacial score (nSPS) is 11.6. The van der Waals surface area contributed by atoms with Gasteiger partial charge in [0.15, 0.2) is 0 Å². The number of carbonyl (C=O) groups is 1. The summed E-state index contributed by atoms with van der Waals surface area (Å²) in [7, 11) is -4.07. The summed E-state index contributed by atoms with van der Waals surface area (Å²) < 4.78 is 40.1. The van der Waals surface area contributed by atoms with E-state index in [1.165, 1.54) is 19.1 Å². The van der Waals surface area contributed by atoms with E-state index in [-0.39, 0.29) is 5.56 Å². The van der Waals surface area contributed by atoms with Crippen molar-refractivity contribution in [3.63, 3.8) is 0 Å². The van der Waals surface area contributed by atoms with E-state index in [9.17, 15) is 22.7 Å². The molecule has 126 valence electrons. The predicted molar refractivity (Wildman–Crippen MR) is 90.9 cm³/mol. The van der Waals surface area contributed by atoms with Gasteiger partial charge >= 0.3 is 5.97 Å². The minimum absolute atomic E-state index is 0.254. The third-order valence-corrected chi connectivity index (χ3v) is 4.32. The van der Waals surface area contributed by atoms with Crippen LogP contribution in [0.15, 0.2) is 41.8 Å². The van der Waals surface area contributed by atoms with E-state index < -0.39 is 33.1 Å². The van der Waals surface area contributed by atoms with Crippen LogP contribution in [-0.4, -0.2) is 19.5 Å². The van der Waals surface area contributed by atoms with Crippen molar-refractivity contribution in [3.8, 4) is 0 Å². The molecule has 24 heavy (non-hydrogen) atoms. The Morgan fingerprint density at radius 1 is 1.12 bits per heavy atom. The van der Waals surface area contributed by atoms with Gasteiger partial charge in [0.2, 0.25) is 0 Å². The highest BCUT2D eigenvalue weighted by molar-refractivity contribution is 7.95. The number of halogens is 1. The van der Waals surface area contributed by atoms with Crippen molar-refractivity contribution in [2.24, 2.45) is 0 Å². The minimum Gasteiger partial charge on any atom is -0.478 e. The fourth-order valence-electron chi connectivity index (χ4n) is 2.08. The van der Waals surface area contributed by atoms with Crippen molar-refractivity contribution >= 4 is 27.8 Å². The van der Waals surface area contributed by atoms with Gasteiger partial charge in [-0.05, 0) is 37.1 Å². The first-order valence-corrected chi connectivity index (χ1v) is 8.54. The standard InChI is InChI=1S/C17H16FNO4S/c1-11-3-6-13(7-4-11)9-10-24(22,23)19-16-14(18)8-5-12(2)15(16)17(20)21/h3-10,19H,1-2H3,(H,20,21). The van der Waals surface area contributed by atoms with E-state index >= 15 is 0 Å². The Bertz CT molecular complexity index is 903. The van der Waals surface area contributed by atoms with Crippen LogP contribution >= 0.6 is 0 Å². The van der Waals surface area contributed by atoms with Crippen molar-refractivity contribution in [2.75, 3.05) is 4.72 Å². The Labute approximate surface area is 139 Å². The number of aromatic carboxylic acids is 1. The Morgan fingerprint density at radius 3 is 2.33 bits per heavy atom. The maximum atomic E-state index is 13.9. The molecule has 0 fully saturated rings. The number of rotatable bonds is 5. The number of benzene rings is 2. The van der Waals surface area contributed by atoms with Gasteiger partial charge in [-0.25, -0.2) is 17.6 Å². The Kier molecular flexibility index (Phi) is 5.04. The molecule has 0 atom stereocenters. The van der Waals surface area contributed by atoms with Gasteiger partial charge in [0.25, 0.3) is 10.0 Å². The number of aryl methyl sites for hydroxylation is 2. The average Bonchev–Trinajstić information content (AvgIpc) is 2.50. The number of hydrogen-bond donors (Lipinski definition) is 2. The summed E-state index contributed by atoms with van der Waals surface area (Å²) in [6.07, 6.45) is 1.34. The molecule has 0 aliphatic carbocycles. The van der Waals surface area contributed by atoms with Crippen LogP contribution in [0.5, 0.6) is 0 Å². The zero-order valence-corrected chi connectivity index (χ0v) is 13.9. The SMILES string of the molecule is Cc1ccc(C=CS(=O)(=O)Nc2c(F)ccc(C)c2C(=O)O)cc1. The van der Waals surface area contributed by atoms with Gasteiger partial charge in [0.1, 0.15) is 5.82 Å². The molecule has 0 heterocycles. The number of carboxylic acids is 1. The summed E-state index contributed by atoms with van der Waals surface area (Å²) in [5.41, 5.74) is 0.942. The molecule has 0 saturated carbocycles. The molecule has 0 aliphatic heterocycles. The highest BCUT2D eigenvalue weighted by Crippen LogP contribution is 2.25. The lowest BCUT2D eigenvalue weighted by atomic mass is 10.1. The number of sulfonamides is 1. The minimum atomic E-state index is -4.07. The molecule has 2 rings (SSSR count). The molecule has 2 aromatic rings. The first kappa shape index (κ1) is 17.7. The molecule has 0 aromatic heterocycles. The Morgan fingerprint density at radius 2 is 1.75 bits per heavy atom. The van der Waals surface area contributed by atoms with Gasteiger partial charge in [-0.1, -0.05) is 35.9 Å². The molecule has 2 aromatic carbocycles. The fraction of sp³-hybridized carbons (Fsp3) is 0.118. The molecule has 0 radical (unpaired) electrons. The van der Waals surface area contributed by atoms with Crippen LogP contribution in [0.4, 0.5) is 10.1 Å². The monoisotopic (exact) mass is 349 g/mol. The van der Waals surface area contributed by atoms with Crippen molar-refractivity contribution in [1.29, 1.82) is 0 Å². The van der Waals surface area contributed by atoms with Crippen LogP contribution in [0.25, 0.3) is 6.08 Å². The van der Waals surface area contributed by atoms with Crippen LogP contribution in [0.3, 0.4) is 0 Å². The predicted octanol–water partition coefficient (Wildman–Crippen LogP) is 3.55. The molecular formula is C17H16FNO4S. The Hall–Kier alpha value is -2.67. The summed E-state index contributed by atoms with van der Waals surface area (Å²) in [5, 5.41) is 10.0. The highest BCUT2D eigenvalue weighted by Gasteiger charge is 2.20. The first-order chi connectivity index (χ1) is 11.2.